The van der Waals surface area contributed by atoms with E-state index in [9.17, 15) is 8.78 Å². The molecule has 0 heterocycles. The fraction of sp³-hybridized carbons (Fsp3) is 0.538. The molecule has 2 heteroatoms. The second-order valence-corrected chi connectivity index (χ2v) is 7.85. The fourth-order valence-corrected chi connectivity index (χ4v) is 2.81. The number of benzene rings is 2. The largest absolute Gasteiger partial charge is 0.203 e. The van der Waals surface area contributed by atoms with Crippen LogP contribution in [0.2, 0.25) is 0 Å². The lowest BCUT2D eigenvalue weighted by molar-refractivity contribution is 0.308. The van der Waals surface area contributed by atoms with Crippen molar-refractivity contribution in [3.63, 3.8) is 0 Å². The summed E-state index contributed by atoms with van der Waals surface area (Å²) in [6.45, 7) is 12.0. The highest BCUT2D eigenvalue weighted by atomic mass is 19.2. The molecule has 1 saturated carbocycles. The molecule has 0 bridgehead atoms. The van der Waals surface area contributed by atoms with Gasteiger partial charge in [-0.3, -0.25) is 0 Å². The first-order chi connectivity index (χ1) is 12.2. The van der Waals surface area contributed by atoms with Crippen molar-refractivity contribution >= 4 is 0 Å². The van der Waals surface area contributed by atoms with Crippen molar-refractivity contribution in [3.05, 3.63) is 70.3 Å². The molecular formula is C26H42F2. The van der Waals surface area contributed by atoms with Gasteiger partial charge in [0.2, 0.25) is 0 Å². The van der Waals surface area contributed by atoms with Gasteiger partial charge in [0, 0.05) is 0 Å². The van der Waals surface area contributed by atoms with E-state index < -0.39 is 11.6 Å². The minimum atomic E-state index is -0.736. The van der Waals surface area contributed by atoms with E-state index in [2.05, 4.69) is 52.0 Å². The van der Waals surface area contributed by atoms with E-state index in [1.54, 1.807) is 12.1 Å². The first-order valence-corrected chi connectivity index (χ1v) is 9.65. The lowest BCUT2D eigenvalue weighted by Gasteiger charge is -2.22. The molecule has 0 N–H and O–H groups in total. The maximum Gasteiger partial charge on any atom is 0.161 e. The van der Waals surface area contributed by atoms with Gasteiger partial charge in [-0.15, -0.1) is 0 Å². The first-order valence-electron chi connectivity index (χ1n) is 9.65. The monoisotopic (exact) mass is 392 g/mol. The zero-order valence-electron chi connectivity index (χ0n) is 17.2. The molecule has 2 aromatic carbocycles. The van der Waals surface area contributed by atoms with Gasteiger partial charge in [0.1, 0.15) is 0 Å². The number of rotatable bonds is 0. The molecule has 0 amide bonds. The highest BCUT2D eigenvalue weighted by Crippen LogP contribution is 2.27. The van der Waals surface area contributed by atoms with Gasteiger partial charge in [0.15, 0.2) is 11.6 Å². The molecule has 0 spiro atoms. The smallest absolute Gasteiger partial charge is 0.161 e. The Labute approximate surface area is 173 Å². The van der Waals surface area contributed by atoms with Gasteiger partial charge in [-0.25, -0.2) is 8.78 Å². The molecule has 0 aliphatic heterocycles. The van der Waals surface area contributed by atoms with E-state index in [-0.39, 0.29) is 14.9 Å². The molecule has 3 rings (SSSR count). The second kappa shape index (κ2) is 14.3. The van der Waals surface area contributed by atoms with Gasteiger partial charge in [0.25, 0.3) is 0 Å². The molecule has 160 valence electrons. The summed E-state index contributed by atoms with van der Waals surface area (Å²) in [5.41, 5.74) is 3.36. The number of aryl methyl sites for hydroxylation is 4. The van der Waals surface area contributed by atoms with E-state index in [1.165, 1.54) is 50.7 Å². The minimum Gasteiger partial charge on any atom is -0.203 e. The fourth-order valence-electron chi connectivity index (χ4n) is 2.81. The molecule has 0 atom stereocenters. The van der Waals surface area contributed by atoms with E-state index in [4.69, 9.17) is 0 Å². The van der Waals surface area contributed by atoms with Crippen LogP contribution in [-0.2, 0) is 0 Å². The average Bonchev–Trinajstić information content (AvgIpc) is 2.63. The van der Waals surface area contributed by atoms with E-state index in [0.29, 0.717) is 11.1 Å². The SMILES string of the molecule is C.C.CC1CCC(C)CC1.Cc1ccc(C)c(F)c1F.Cc1ccc(C)cc1. The van der Waals surface area contributed by atoms with Crippen molar-refractivity contribution < 1.29 is 8.78 Å². The Kier molecular flexibility index (Phi) is 14.6. The molecule has 1 aliphatic carbocycles. The summed E-state index contributed by atoms with van der Waals surface area (Å²) >= 11 is 0. The third-order valence-electron chi connectivity index (χ3n) is 4.99. The van der Waals surface area contributed by atoms with Crippen LogP contribution in [0.1, 0.15) is 76.6 Å². The second-order valence-electron chi connectivity index (χ2n) is 7.85. The third-order valence-corrected chi connectivity index (χ3v) is 4.99. The summed E-state index contributed by atoms with van der Waals surface area (Å²) < 4.78 is 25.2. The Morgan fingerprint density at radius 1 is 0.571 bits per heavy atom. The van der Waals surface area contributed by atoms with Crippen molar-refractivity contribution in [2.45, 2.75) is 82.1 Å². The maximum absolute atomic E-state index is 12.6. The van der Waals surface area contributed by atoms with Gasteiger partial charge in [-0.1, -0.05) is 102 Å². The topological polar surface area (TPSA) is 0 Å². The Morgan fingerprint density at radius 3 is 1.07 bits per heavy atom. The predicted octanol–water partition coefficient (Wildman–Crippen LogP) is 8.99. The molecule has 0 unspecified atom stereocenters. The maximum atomic E-state index is 12.6. The number of halogens is 2. The first kappa shape index (κ1) is 28.5. The van der Waals surface area contributed by atoms with Crippen LogP contribution in [0, 0.1) is 51.2 Å². The number of hydrogen-bond donors (Lipinski definition) is 0. The van der Waals surface area contributed by atoms with Gasteiger partial charge in [-0.2, -0.15) is 0 Å². The lowest BCUT2D eigenvalue weighted by atomic mass is 9.84. The molecule has 1 fully saturated rings. The highest BCUT2D eigenvalue weighted by Gasteiger charge is 2.13. The summed E-state index contributed by atoms with van der Waals surface area (Å²) in [6, 6.07) is 11.6. The number of hydrogen-bond acceptors (Lipinski definition) is 0. The lowest BCUT2D eigenvalue weighted by Crippen LogP contribution is -2.08. The molecule has 28 heavy (non-hydrogen) atoms. The average molecular weight is 393 g/mol. The van der Waals surface area contributed by atoms with Crippen LogP contribution in [0.15, 0.2) is 36.4 Å². The summed E-state index contributed by atoms with van der Waals surface area (Å²) in [5.74, 6) is 0.567. The molecule has 0 nitrogen and oxygen atoms in total. The Morgan fingerprint density at radius 2 is 0.821 bits per heavy atom. The quantitative estimate of drug-likeness (QED) is 0.419. The van der Waals surface area contributed by atoms with Crippen molar-refractivity contribution in [3.8, 4) is 0 Å². The molecule has 0 aromatic heterocycles. The van der Waals surface area contributed by atoms with Gasteiger partial charge in [-0.05, 0) is 50.7 Å². The van der Waals surface area contributed by atoms with E-state index >= 15 is 0 Å². The molecule has 0 radical (unpaired) electrons. The van der Waals surface area contributed by atoms with Gasteiger partial charge < -0.3 is 0 Å². The third kappa shape index (κ3) is 10.6. The van der Waals surface area contributed by atoms with Crippen molar-refractivity contribution in [1.82, 2.24) is 0 Å². The van der Waals surface area contributed by atoms with Crippen LogP contribution in [-0.4, -0.2) is 0 Å². The zero-order chi connectivity index (χ0) is 19.7. The normalized spacial score (nSPS) is 17.6. The summed E-state index contributed by atoms with van der Waals surface area (Å²) in [7, 11) is 0. The minimum absolute atomic E-state index is 0. The molecule has 0 saturated heterocycles. The van der Waals surface area contributed by atoms with Crippen LogP contribution in [0.3, 0.4) is 0 Å². The van der Waals surface area contributed by atoms with Crippen molar-refractivity contribution in [2.24, 2.45) is 11.8 Å². The van der Waals surface area contributed by atoms with Crippen LogP contribution >= 0.6 is 0 Å². The highest BCUT2D eigenvalue weighted by molar-refractivity contribution is 5.24. The predicted molar refractivity (Wildman–Crippen MR) is 122 cm³/mol. The van der Waals surface area contributed by atoms with Crippen LogP contribution in [0.5, 0.6) is 0 Å². The summed E-state index contributed by atoms with van der Waals surface area (Å²) in [4.78, 5) is 0. The molecular weight excluding hydrogens is 350 g/mol. The van der Waals surface area contributed by atoms with E-state index in [0.717, 1.165) is 11.8 Å². The van der Waals surface area contributed by atoms with Crippen molar-refractivity contribution in [1.29, 1.82) is 0 Å². The van der Waals surface area contributed by atoms with Crippen LogP contribution in [0.4, 0.5) is 8.78 Å². The zero-order valence-corrected chi connectivity index (χ0v) is 17.2. The van der Waals surface area contributed by atoms with Crippen LogP contribution < -0.4 is 0 Å². The Bertz CT molecular complexity index is 593. The van der Waals surface area contributed by atoms with Gasteiger partial charge in [0.05, 0.1) is 0 Å². The Balaban J connectivity index is 0. The summed E-state index contributed by atoms with van der Waals surface area (Å²) in [6.07, 6.45) is 5.89. The molecule has 2 aromatic rings. The Hall–Kier alpha value is -1.70. The molecule has 1 aliphatic rings. The van der Waals surface area contributed by atoms with Crippen molar-refractivity contribution in [2.75, 3.05) is 0 Å². The van der Waals surface area contributed by atoms with Crippen LogP contribution in [0.25, 0.3) is 0 Å². The standard InChI is InChI=1S/C8H8F2.C8H16.C8H10.2CH4/c1-5-3-4-6(2)8(10)7(5)9;2*1-7-3-5-8(2)6-4-7;;/h3-4H,1-2H3;7-8H,3-6H2,1-2H3;3-6H,1-2H3;2*1H4. The summed E-state index contributed by atoms with van der Waals surface area (Å²) in [5, 5.41) is 0. The van der Waals surface area contributed by atoms with E-state index in [1.807, 2.05) is 0 Å². The van der Waals surface area contributed by atoms with Gasteiger partial charge >= 0.3 is 0 Å².